The van der Waals surface area contributed by atoms with Gasteiger partial charge in [-0.15, -0.1) is 0 Å². The lowest BCUT2D eigenvalue weighted by Gasteiger charge is -2.35. The van der Waals surface area contributed by atoms with E-state index in [1.165, 1.54) is 11.3 Å². The first-order valence-corrected chi connectivity index (χ1v) is 9.08. The molecule has 1 aromatic heterocycles. The van der Waals surface area contributed by atoms with Gasteiger partial charge in [0.15, 0.2) is 0 Å². The molecule has 2 aromatic rings. The van der Waals surface area contributed by atoms with Crippen molar-refractivity contribution in [3.05, 3.63) is 47.3 Å². The number of rotatable bonds is 4. The van der Waals surface area contributed by atoms with Crippen molar-refractivity contribution in [3.8, 4) is 5.75 Å². The van der Waals surface area contributed by atoms with Gasteiger partial charge in [-0.1, -0.05) is 12.1 Å². The van der Waals surface area contributed by atoms with Crippen molar-refractivity contribution in [2.45, 2.75) is 43.9 Å². The lowest BCUT2D eigenvalue weighted by Crippen LogP contribution is -2.44. The van der Waals surface area contributed by atoms with Crippen LogP contribution in [0.1, 0.15) is 48.4 Å². The molecule has 1 N–H and O–H groups in total. The maximum Gasteiger partial charge on any atom is 0.233 e. The largest absolute Gasteiger partial charge is 0.497 e. The standard InChI is InChI=1S/C20H25N3O2/c1-14-12-21-22-18(14)15-4-3-11-23(13-15)19(24)20(9-10-20)16-5-7-17(25-2)8-6-16/h5-8,12,15H,3-4,9-11,13H2,1-2H3,(H,21,22). The maximum absolute atomic E-state index is 13.3. The number of aromatic amines is 1. The van der Waals surface area contributed by atoms with E-state index in [0.29, 0.717) is 11.8 Å². The zero-order chi connectivity index (χ0) is 17.4. The third kappa shape index (κ3) is 2.81. The van der Waals surface area contributed by atoms with E-state index in [0.717, 1.165) is 50.1 Å². The highest BCUT2D eigenvalue weighted by Gasteiger charge is 2.53. The molecular weight excluding hydrogens is 314 g/mol. The van der Waals surface area contributed by atoms with Gasteiger partial charge in [-0.05, 0) is 55.9 Å². The molecule has 0 spiro atoms. The number of carbonyl (C=O) groups is 1. The van der Waals surface area contributed by atoms with Crippen molar-refractivity contribution in [3.63, 3.8) is 0 Å². The van der Waals surface area contributed by atoms with Crippen molar-refractivity contribution < 1.29 is 9.53 Å². The fraction of sp³-hybridized carbons (Fsp3) is 0.500. The van der Waals surface area contributed by atoms with E-state index >= 15 is 0 Å². The molecule has 0 radical (unpaired) electrons. The summed E-state index contributed by atoms with van der Waals surface area (Å²) in [4.78, 5) is 15.4. The minimum Gasteiger partial charge on any atom is -0.497 e. The van der Waals surface area contributed by atoms with Crippen LogP contribution in [0.15, 0.2) is 30.5 Å². The minimum atomic E-state index is -0.308. The molecule has 5 nitrogen and oxygen atoms in total. The Morgan fingerprint density at radius 3 is 2.68 bits per heavy atom. The number of nitrogens with one attached hydrogen (secondary N) is 1. The van der Waals surface area contributed by atoms with Crippen molar-refractivity contribution in [2.24, 2.45) is 0 Å². The molecule has 2 heterocycles. The quantitative estimate of drug-likeness (QED) is 0.931. The summed E-state index contributed by atoms with van der Waals surface area (Å²) in [6.07, 6.45) is 5.93. The highest BCUT2D eigenvalue weighted by Crippen LogP contribution is 2.50. The molecule has 132 valence electrons. The van der Waals surface area contributed by atoms with Crippen molar-refractivity contribution in [1.82, 2.24) is 15.1 Å². The number of aromatic nitrogens is 2. The van der Waals surface area contributed by atoms with Crippen LogP contribution >= 0.6 is 0 Å². The molecule has 1 aromatic carbocycles. The fourth-order valence-electron chi connectivity index (χ4n) is 4.13. The number of carbonyl (C=O) groups excluding carboxylic acids is 1. The van der Waals surface area contributed by atoms with E-state index < -0.39 is 0 Å². The molecule has 5 heteroatoms. The number of methoxy groups -OCH3 is 1. The SMILES string of the molecule is COc1ccc(C2(C(=O)N3CCCC(c4[nH]ncc4C)C3)CC2)cc1. The Labute approximate surface area is 148 Å². The molecule has 0 bridgehead atoms. The van der Waals surface area contributed by atoms with E-state index in [1.807, 2.05) is 30.5 Å². The van der Waals surface area contributed by atoms with Crippen LogP contribution in [0, 0.1) is 6.92 Å². The van der Waals surface area contributed by atoms with Crippen LogP contribution in [0.4, 0.5) is 0 Å². The molecule has 4 rings (SSSR count). The number of hydrogen-bond acceptors (Lipinski definition) is 3. The summed E-state index contributed by atoms with van der Waals surface area (Å²) in [7, 11) is 1.67. The Bertz CT molecular complexity index is 762. The summed E-state index contributed by atoms with van der Waals surface area (Å²) in [5.41, 5.74) is 3.19. The lowest BCUT2D eigenvalue weighted by atomic mass is 9.89. The number of hydrogen-bond donors (Lipinski definition) is 1. The first-order chi connectivity index (χ1) is 12.1. The Hall–Kier alpha value is -2.30. The van der Waals surface area contributed by atoms with Gasteiger partial charge in [-0.2, -0.15) is 5.10 Å². The number of H-pyrrole nitrogens is 1. The number of piperidine rings is 1. The van der Waals surface area contributed by atoms with Gasteiger partial charge in [0.25, 0.3) is 0 Å². The van der Waals surface area contributed by atoms with Gasteiger partial charge in [-0.3, -0.25) is 9.89 Å². The van der Waals surface area contributed by atoms with Gasteiger partial charge in [0.2, 0.25) is 5.91 Å². The number of likely N-dealkylation sites (tertiary alicyclic amines) is 1. The number of nitrogens with zero attached hydrogens (tertiary/aromatic N) is 2. The number of aryl methyl sites for hydroxylation is 1. The zero-order valence-electron chi connectivity index (χ0n) is 14.9. The van der Waals surface area contributed by atoms with Gasteiger partial charge < -0.3 is 9.64 Å². The average Bonchev–Trinajstić information content (AvgIpc) is 3.36. The van der Waals surface area contributed by atoms with Crippen LogP contribution in [-0.4, -0.2) is 41.2 Å². The van der Waals surface area contributed by atoms with Crippen LogP contribution in [0.5, 0.6) is 5.75 Å². The molecule has 2 aliphatic rings. The Morgan fingerprint density at radius 1 is 1.32 bits per heavy atom. The topological polar surface area (TPSA) is 58.2 Å². The second-order valence-electron chi connectivity index (χ2n) is 7.37. The van der Waals surface area contributed by atoms with Crippen LogP contribution < -0.4 is 4.74 Å². The summed E-state index contributed by atoms with van der Waals surface area (Å²) < 4.78 is 5.24. The van der Waals surface area contributed by atoms with E-state index in [1.54, 1.807) is 7.11 Å². The predicted molar refractivity (Wildman–Crippen MR) is 95.8 cm³/mol. The average molecular weight is 339 g/mol. The molecule has 1 saturated carbocycles. The highest BCUT2D eigenvalue weighted by atomic mass is 16.5. The summed E-state index contributed by atoms with van der Waals surface area (Å²) >= 11 is 0. The van der Waals surface area contributed by atoms with E-state index in [2.05, 4.69) is 22.0 Å². The summed E-state index contributed by atoms with van der Waals surface area (Å²) in [5, 5.41) is 7.28. The zero-order valence-corrected chi connectivity index (χ0v) is 14.9. The van der Waals surface area contributed by atoms with Gasteiger partial charge >= 0.3 is 0 Å². The maximum atomic E-state index is 13.3. The minimum absolute atomic E-state index is 0.291. The Balaban J connectivity index is 1.52. The van der Waals surface area contributed by atoms with Gasteiger partial charge in [0.1, 0.15) is 5.75 Å². The second kappa shape index (κ2) is 6.21. The smallest absolute Gasteiger partial charge is 0.233 e. The first kappa shape index (κ1) is 16.2. The van der Waals surface area contributed by atoms with Gasteiger partial charge in [-0.25, -0.2) is 0 Å². The molecule has 1 aliphatic heterocycles. The molecule has 2 fully saturated rings. The van der Waals surface area contributed by atoms with Crippen LogP contribution in [-0.2, 0) is 10.2 Å². The molecule has 1 saturated heterocycles. The number of ether oxygens (including phenoxy) is 1. The van der Waals surface area contributed by atoms with Crippen molar-refractivity contribution in [1.29, 1.82) is 0 Å². The number of benzene rings is 1. The van der Waals surface area contributed by atoms with Gasteiger partial charge in [0, 0.05) is 24.7 Å². The molecule has 1 unspecified atom stereocenters. The Morgan fingerprint density at radius 2 is 2.08 bits per heavy atom. The normalized spacial score (nSPS) is 21.8. The third-order valence-corrected chi connectivity index (χ3v) is 5.79. The number of amides is 1. The summed E-state index contributed by atoms with van der Waals surface area (Å²) in [5.74, 6) is 1.49. The van der Waals surface area contributed by atoms with Gasteiger partial charge in [0.05, 0.1) is 18.7 Å². The van der Waals surface area contributed by atoms with Crippen LogP contribution in [0.3, 0.4) is 0 Å². The van der Waals surface area contributed by atoms with E-state index in [9.17, 15) is 4.79 Å². The molecule has 25 heavy (non-hydrogen) atoms. The first-order valence-electron chi connectivity index (χ1n) is 9.08. The monoisotopic (exact) mass is 339 g/mol. The Kier molecular flexibility index (Phi) is 4.02. The van der Waals surface area contributed by atoms with Crippen LogP contribution in [0.2, 0.25) is 0 Å². The molecule has 1 aliphatic carbocycles. The summed E-state index contributed by atoms with van der Waals surface area (Å²) in [6, 6.07) is 8.00. The second-order valence-corrected chi connectivity index (χ2v) is 7.37. The molecule has 1 atom stereocenters. The lowest BCUT2D eigenvalue weighted by molar-refractivity contribution is -0.135. The van der Waals surface area contributed by atoms with Crippen LogP contribution in [0.25, 0.3) is 0 Å². The molecular formula is C20H25N3O2. The van der Waals surface area contributed by atoms with E-state index in [-0.39, 0.29) is 5.41 Å². The van der Waals surface area contributed by atoms with Crippen molar-refractivity contribution >= 4 is 5.91 Å². The highest BCUT2D eigenvalue weighted by molar-refractivity contribution is 5.91. The third-order valence-electron chi connectivity index (χ3n) is 5.79. The van der Waals surface area contributed by atoms with E-state index in [4.69, 9.17) is 4.74 Å². The molecule has 1 amide bonds. The van der Waals surface area contributed by atoms with Crippen molar-refractivity contribution in [2.75, 3.05) is 20.2 Å². The fourth-order valence-corrected chi connectivity index (χ4v) is 4.13. The summed E-state index contributed by atoms with van der Waals surface area (Å²) in [6.45, 7) is 3.74. The predicted octanol–water partition coefficient (Wildman–Crippen LogP) is 3.16.